The van der Waals surface area contributed by atoms with Crippen LogP contribution in [0.4, 0.5) is 0 Å². The molecule has 1 rings (SSSR count). The highest BCUT2D eigenvalue weighted by Gasteiger charge is 2.09. The number of nitrogens with one attached hydrogen (secondary N) is 1. The van der Waals surface area contributed by atoms with E-state index >= 15 is 0 Å². The maximum absolute atomic E-state index is 11.6. The van der Waals surface area contributed by atoms with Gasteiger partial charge in [0.25, 0.3) is 5.91 Å². The highest BCUT2D eigenvalue weighted by Crippen LogP contribution is 2.12. The van der Waals surface area contributed by atoms with Crippen LogP contribution in [0.25, 0.3) is 0 Å². The second-order valence-electron chi connectivity index (χ2n) is 2.85. The molecule has 0 atom stereocenters. The number of thioether (sulfide) groups is 1. The summed E-state index contributed by atoms with van der Waals surface area (Å²) in [4.78, 5) is 15.6. The summed E-state index contributed by atoms with van der Waals surface area (Å²) in [7, 11) is 0. The van der Waals surface area contributed by atoms with Gasteiger partial charge in [0.05, 0.1) is 5.75 Å². The molecule has 16 heavy (non-hydrogen) atoms. The van der Waals surface area contributed by atoms with Crippen molar-refractivity contribution in [3.63, 3.8) is 0 Å². The zero-order valence-electron chi connectivity index (χ0n) is 8.57. The second-order valence-corrected chi connectivity index (χ2v) is 4.81. The molecule has 0 aliphatic carbocycles. The van der Waals surface area contributed by atoms with E-state index in [0.717, 1.165) is 5.75 Å². The third kappa shape index (κ3) is 4.25. The van der Waals surface area contributed by atoms with E-state index in [0.29, 0.717) is 22.5 Å². The number of carbonyl (C=O) groups is 1. The first-order chi connectivity index (χ1) is 7.75. The molecule has 0 saturated heterocycles. The number of terminal acetylenes is 1. The SMILES string of the molecule is C#CCSCCNC(=O)c1ncccc1Br. The summed E-state index contributed by atoms with van der Waals surface area (Å²) < 4.78 is 0.698. The van der Waals surface area contributed by atoms with E-state index in [4.69, 9.17) is 6.42 Å². The van der Waals surface area contributed by atoms with Crippen molar-refractivity contribution in [1.82, 2.24) is 10.3 Å². The molecule has 0 aliphatic rings. The molecule has 0 spiro atoms. The molecule has 1 N–H and O–H groups in total. The van der Waals surface area contributed by atoms with Gasteiger partial charge < -0.3 is 5.32 Å². The maximum atomic E-state index is 11.6. The van der Waals surface area contributed by atoms with Crippen LogP contribution in [0.1, 0.15) is 10.5 Å². The van der Waals surface area contributed by atoms with Crippen molar-refractivity contribution in [3.8, 4) is 12.3 Å². The van der Waals surface area contributed by atoms with Gasteiger partial charge in [-0.15, -0.1) is 18.2 Å². The maximum Gasteiger partial charge on any atom is 0.271 e. The minimum atomic E-state index is -0.172. The van der Waals surface area contributed by atoms with Crippen molar-refractivity contribution in [2.24, 2.45) is 0 Å². The number of amides is 1. The van der Waals surface area contributed by atoms with Crippen LogP contribution in [0.15, 0.2) is 22.8 Å². The Labute approximate surface area is 108 Å². The van der Waals surface area contributed by atoms with Gasteiger partial charge in [-0.2, -0.15) is 0 Å². The fourth-order valence-corrected chi connectivity index (χ4v) is 1.95. The molecular formula is C11H11BrN2OS. The van der Waals surface area contributed by atoms with Crippen LogP contribution in [0, 0.1) is 12.3 Å². The van der Waals surface area contributed by atoms with Crippen molar-refractivity contribution in [1.29, 1.82) is 0 Å². The lowest BCUT2D eigenvalue weighted by molar-refractivity contribution is 0.0950. The second kappa shape index (κ2) is 7.31. The Morgan fingerprint density at radius 2 is 2.50 bits per heavy atom. The van der Waals surface area contributed by atoms with Gasteiger partial charge in [-0.1, -0.05) is 5.92 Å². The molecule has 1 aromatic rings. The molecule has 3 nitrogen and oxygen atoms in total. The van der Waals surface area contributed by atoms with Gasteiger partial charge >= 0.3 is 0 Å². The van der Waals surface area contributed by atoms with Gasteiger partial charge in [0, 0.05) is 23.0 Å². The topological polar surface area (TPSA) is 42.0 Å². The third-order valence-electron chi connectivity index (χ3n) is 1.69. The van der Waals surface area contributed by atoms with Crippen molar-refractivity contribution >= 4 is 33.6 Å². The minimum absolute atomic E-state index is 0.172. The molecule has 84 valence electrons. The van der Waals surface area contributed by atoms with Crippen LogP contribution in [-0.4, -0.2) is 28.9 Å². The first-order valence-electron chi connectivity index (χ1n) is 4.65. The number of hydrogen-bond donors (Lipinski definition) is 1. The Hall–Kier alpha value is -0.990. The van der Waals surface area contributed by atoms with E-state index in [-0.39, 0.29) is 5.91 Å². The Morgan fingerprint density at radius 3 is 3.19 bits per heavy atom. The Balaban J connectivity index is 2.36. The average Bonchev–Trinajstić information content (AvgIpc) is 2.29. The van der Waals surface area contributed by atoms with Gasteiger partial charge in [0.15, 0.2) is 0 Å². The lowest BCUT2D eigenvalue weighted by Crippen LogP contribution is -2.26. The van der Waals surface area contributed by atoms with E-state index in [1.54, 1.807) is 30.1 Å². The summed E-state index contributed by atoms with van der Waals surface area (Å²) >= 11 is 4.89. The van der Waals surface area contributed by atoms with Crippen LogP contribution >= 0.6 is 27.7 Å². The molecule has 5 heteroatoms. The molecular weight excluding hydrogens is 288 g/mol. The Bertz CT molecular complexity index is 403. The Kier molecular flexibility index (Phi) is 5.98. The number of nitrogens with zero attached hydrogens (tertiary/aromatic N) is 1. The molecule has 0 saturated carbocycles. The van der Waals surface area contributed by atoms with Crippen molar-refractivity contribution in [3.05, 3.63) is 28.5 Å². The average molecular weight is 299 g/mol. The van der Waals surface area contributed by atoms with Crippen LogP contribution in [0.3, 0.4) is 0 Å². The first-order valence-corrected chi connectivity index (χ1v) is 6.60. The summed E-state index contributed by atoms with van der Waals surface area (Å²) in [5, 5.41) is 2.78. The van der Waals surface area contributed by atoms with Crippen LogP contribution in [-0.2, 0) is 0 Å². The smallest absolute Gasteiger partial charge is 0.271 e. The van der Waals surface area contributed by atoms with Gasteiger partial charge in [-0.05, 0) is 28.1 Å². The van der Waals surface area contributed by atoms with Gasteiger partial charge in [-0.3, -0.25) is 4.79 Å². The van der Waals surface area contributed by atoms with Gasteiger partial charge in [-0.25, -0.2) is 4.98 Å². The zero-order chi connectivity index (χ0) is 11.8. The Morgan fingerprint density at radius 1 is 1.69 bits per heavy atom. The number of carbonyl (C=O) groups excluding carboxylic acids is 1. The molecule has 0 fully saturated rings. The highest BCUT2D eigenvalue weighted by molar-refractivity contribution is 9.10. The van der Waals surface area contributed by atoms with E-state index in [1.807, 2.05) is 0 Å². The summed E-state index contributed by atoms with van der Waals surface area (Å²) in [6.45, 7) is 0.591. The van der Waals surface area contributed by atoms with Crippen molar-refractivity contribution in [2.75, 3.05) is 18.1 Å². The minimum Gasteiger partial charge on any atom is -0.350 e. The van der Waals surface area contributed by atoms with Crippen LogP contribution < -0.4 is 5.32 Å². The number of rotatable bonds is 5. The molecule has 0 aliphatic heterocycles. The molecule has 0 bridgehead atoms. The van der Waals surface area contributed by atoms with Gasteiger partial charge in [0.1, 0.15) is 5.69 Å². The molecule has 0 aromatic carbocycles. The third-order valence-corrected chi connectivity index (χ3v) is 3.19. The molecule has 1 aromatic heterocycles. The highest BCUT2D eigenvalue weighted by atomic mass is 79.9. The quantitative estimate of drug-likeness (QED) is 0.667. The predicted octanol–water partition coefficient (Wildman–Crippen LogP) is 1.94. The number of pyridine rings is 1. The first kappa shape index (κ1) is 13.1. The van der Waals surface area contributed by atoms with Crippen molar-refractivity contribution in [2.45, 2.75) is 0 Å². The summed E-state index contributed by atoms with van der Waals surface area (Å²) in [6.07, 6.45) is 6.70. The largest absolute Gasteiger partial charge is 0.350 e. The molecule has 1 heterocycles. The number of hydrogen-bond acceptors (Lipinski definition) is 3. The molecule has 0 unspecified atom stereocenters. The predicted molar refractivity (Wildman–Crippen MR) is 70.4 cm³/mol. The van der Waals surface area contributed by atoms with E-state index in [9.17, 15) is 4.79 Å². The summed E-state index contributed by atoms with van der Waals surface area (Å²) in [5.74, 6) is 3.83. The van der Waals surface area contributed by atoms with E-state index in [2.05, 4.69) is 32.2 Å². The lowest BCUT2D eigenvalue weighted by atomic mass is 10.3. The van der Waals surface area contributed by atoms with E-state index in [1.165, 1.54) is 0 Å². The van der Waals surface area contributed by atoms with Crippen molar-refractivity contribution < 1.29 is 4.79 Å². The van der Waals surface area contributed by atoms with Crippen LogP contribution in [0.2, 0.25) is 0 Å². The standard InChI is InChI=1S/C11H11BrN2OS/c1-2-7-16-8-6-14-11(15)10-9(12)4-3-5-13-10/h1,3-5H,6-8H2,(H,14,15). The molecule has 0 radical (unpaired) electrons. The molecule has 1 amide bonds. The lowest BCUT2D eigenvalue weighted by Gasteiger charge is -2.04. The fourth-order valence-electron chi connectivity index (χ4n) is 1.00. The number of halogens is 1. The summed E-state index contributed by atoms with van der Waals surface area (Å²) in [5.41, 5.74) is 0.407. The monoisotopic (exact) mass is 298 g/mol. The van der Waals surface area contributed by atoms with E-state index < -0.39 is 0 Å². The van der Waals surface area contributed by atoms with Gasteiger partial charge in [0.2, 0.25) is 0 Å². The fraction of sp³-hybridized carbons (Fsp3) is 0.273. The zero-order valence-corrected chi connectivity index (χ0v) is 11.0. The normalized spacial score (nSPS) is 9.50. The number of aromatic nitrogens is 1. The summed E-state index contributed by atoms with van der Waals surface area (Å²) in [6, 6.07) is 3.55. The van der Waals surface area contributed by atoms with Crippen LogP contribution in [0.5, 0.6) is 0 Å².